The molecule has 0 radical (unpaired) electrons. The number of nitro groups is 1. The van der Waals surface area contributed by atoms with Crippen LogP contribution in [0.2, 0.25) is 0 Å². The topological polar surface area (TPSA) is 148 Å². The average molecular weight is 620 g/mol. The standard InChI is InChI=1S/C23H18BrN5O7S2/c24-16-3-7-19-20(13-16)37-23(26-19)28(25-14-17-4-8-21(36-17)29(31)32)22(30)15-1-5-18(6-2-15)38(33,34)27-9-11-35-12-10-27/h1-8,13-14H,9-12H2/b25-14+. The molecule has 5 rings (SSSR count). The molecular formula is C23H18BrN5O7S2. The number of rotatable bonds is 7. The molecule has 0 N–H and O–H groups in total. The van der Waals surface area contributed by atoms with E-state index < -0.39 is 26.7 Å². The molecule has 1 fully saturated rings. The van der Waals surface area contributed by atoms with Crippen molar-refractivity contribution in [1.29, 1.82) is 0 Å². The highest BCUT2D eigenvalue weighted by atomic mass is 79.9. The summed E-state index contributed by atoms with van der Waals surface area (Å²) in [5.41, 5.74) is 0.802. The monoisotopic (exact) mass is 619 g/mol. The van der Waals surface area contributed by atoms with Crippen molar-refractivity contribution in [3.63, 3.8) is 0 Å². The van der Waals surface area contributed by atoms with Gasteiger partial charge in [-0.05, 0) is 48.5 Å². The smallest absolute Gasteiger partial charge is 0.400 e. The Labute approximate surface area is 228 Å². The Morgan fingerprint density at radius 2 is 1.89 bits per heavy atom. The molecule has 12 nitrogen and oxygen atoms in total. The first kappa shape index (κ1) is 26.1. The molecule has 0 spiro atoms. The van der Waals surface area contributed by atoms with Crippen LogP contribution in [0, 0.1) is 10.1 Å². The van der Waals surface area contributed by atoms with Gasteiger partial charge in [-0.25, -0.2) is 13.4 Å². The Hall–Kier alpha value is -3.50. The van der Waals surface area contributed by atoms with Gasteiger partial charge in [0.25, 0.3) is 5.91 Å². The third-order valence-electron chi connectivity index (χ3n) is 5.51. The molecule has 38 heavy (non-hydrogen) atoms. The number of fused-ring (bicyclic) bond motifs is 1. The minimum Gasteiger partial charge on any atom is -0.400 e. The van der Waals surface area contributed by atoms with E-state index in [1.165, 1.54) is 58.3 Å². The van der Waals surface area contributed by atoms with Crippen molar-refractivity contribution in [2.75, 3.05) is 31.3 Å². The summed E-state index contributed by atoms with van der Waals surface area (Å²) in [6.07, 6.45) is 1.17. The van der Waals surface area contributed by atoms with Crippen molar-refractivity contribution in [3.05, 3.63) is 80.5 Å². The van der Waals surface area contributed by atoms with E-state index in [1.54, 1.807) is 6.07 Å². The summed E-state index contributed by atoms with van der Waals surface area (Å²) in [5.74, 6) is -0.993. The van der Waals surface area contributed by atoms with Crippen molar-refractivity contribution in [2.24, 2.45) is 5.10 Å². The number of amides is 1. The van der Waals surface area contributed by atoms with E-state index in [9.17, 15) is 23.3 Å². The quantitative estimate of drug-likeness (QED) is 0.169. The molecule has 2 aromatic heterocycles. The van der Waals surface area contributed by atoms with Crippen molar-refractivity contribution >= 4 is 70.6 Å². The number of halogens is 1. The minimum absolute atomic E-state index is 0.0544. The van der Waals surface area contributed by atoms with E-state index >= 15 is 0 Å². The molecule has 3 heterocycles. The molecule has 0 aliphatic carbocycles. The zero-order chi connectivity index (χ0) is 26.9. The van der Waals surface area contributed by atoms with Crippen molar-refractivity contribution < 1.29 is 27.3 Å². The van der Waals surface area contributed by atoms with E-state index in [1.807, 2.05) is 12.1 Å². The number of sulfonamides is 1. The number of anilines is 1. The van der Waals surface area contributed by atoms with Gasteiger partial charge in [0, 0.05) is 23.1 Å². The number of nitrogens with zero attached hydrogens (tertiary/aromatic N) is 5. The third-order valence-corrected chi connectivity index (χ3v) is 8.91. The van der Waals surface area contributed by atoms with E-state index in [4.69, 9.17) is 9.15 Å². The zero-order valence-corrected chi connectivity index (χ0v) is 22.6. The second-order valence-electron chi connectivity index (χ2n) is 7.94. The Balaban J connectivity index is 1.47. The normalized spacial score (nSPS) is 14.8. The average Bonchev–Trinajstić information content (AvgIpc) is 3.56. The van der Waals surface area contributed by atoms with E-state index in [2.05, 4.69) is 26.0 Å². The number of hydrogen-bond donors (Lipinski definition) is 0. The highest BCUT2D eigenvalue weighted by Gasteiger charge is 2.27. The molecule has 1 aliphatic rings. The second kappa shape index (κ2) is 10.7. The highest BCUT2D eigenvalue weighted by molar-refractivity contribution is 9.10. The molecule has 4 aromatic rings. The number of hydrogen-bond acceptors (Lipinski definition) is 10. The number of morpholine rings is 1. The number of carbonyl (C=O) groups is 1. The lowest BCUT2D eigenvalue weighted by molar-refractivity contribution is -0.402. The maximum Gasteiger partial charge on any atom is 0.433 e. The molecule has 1 aliphatic heterocycles. The molecule has 2 aromatic carbocycles. The van der Waals surface area contributed by atoms with Crippen molar-refractivity contribution in [1.82, 2.24) is 9.29 Å². The van der Waals surface area contributed by atoms with Gasteiger partial charge in [-0.2, -0.15) is 14.4 Å². The van der Waals surface area contributed by atoms with Gasteiger partial charge in [0.15, 0.2) is 5.76 Å². The third kappa shape index (κ3) is 5.37. The van der Waals surface area contributed by atoms with Crippen molar-refractivity contribution in [2.45, 2.75) is 4.90 Å². The number of hydrazone groups is 1. The lowest BCUT2D eigenvalue weighted by Crippen LogP contribution is -2.40. The van der Waals surface area contributed by atoms with Gasteiger partial charge in [-0.15, -0.1) is 0 Å². The Morgan fingerprint density at radius 1 is 1.16 bits per heavy atom. The maximum absolute atomic E-state index is 13.5. The van der Waals surface area contributed by atoms with Crippen LogP contribution in [0.3, 0.4) is 0 Å². The fourth-order valence-electron chi connectivity index (χ4n) is 3.62. The summed E-state index contributed by atoms with van der Waals surface area (Å²) < 4.78 is 39.2. The maximum atomic E-state index is 13.5. The number of benzene rings is 2. The molecule has 0 atom stereocenters. The number of thiazole rings is 1. The SMILES string of the molecule is O=C(c1ccc(S(=O)(=O)N2CCOCC2)cc1)N(/N=C/c1ccc([N+](=O)[O-])o1)c1nc2ccc(Br)cc2s1. The summed E-state index contributed by atoms with van der Waals surface area (Å²) in [6, 6.07) is 13.5. The van der Waals surface area contributed by atoms with Crippen LogP contribution in [0.5, 0.6) is 0 Å². The molecular weight excluding hydrogens is 602 g/mol. The van der Waals surface area contributed by atoms with Gasteiger partial charge >= 0.3 is 5.88 Å². The van der Waals surface area contributed by atoms with Crippen LogP contribution in [-0.2, 0) is 14.8 Å². The molecule has 15 heteroatoms. The summed E-state index contributed by atoms with van der Waals surface area (Å²) >= 11 is 4.62. The lowest BCUT2D eigenvalue weighted by Gasteiger charge is -2.26. The first-order chi connectivity index (χ1) is 18.2. The van der Waals surface area contributed by atoms with Crippen LogP contribution in [0.15, 0.2) is 73.5 Å². The largest absolute Gasteiger partial charge is 0.433 e. The van der Waals surface area contributed by atoms with Crippen molar-refractivity contribution in [3.8, 4) is 0 Å². The van der Waals surface area contributed by atoms with Crippen LogP contribution >= 0.6 is 27.3 Å². The first-order valence-electron chi connectivity index (χ1n) is 11.1. The minimum atomic E-state index is -3.73. The van der Waals surface area contributed by atoms with Crippen LogP contribution in [0.1, 0.15) is 16.1 Å². The predicted molar refractivity (Wildman–Crippen MR) is 143 cm³/mol. The molecule has 1 saturated heterocycles. The summed E-state index contributed by atoms with van der Waals surface area (Å²) in [4.78, 5) is 28.3. The molecule has 196 valence electrons. The van der Waals surface area contributed by atoms with Crippen LogP contribution < -0.4 is 5.01 Å². The highest BCUT2D eigenvalue weighted by Crippen LogP contribution is 2.32. The zero-order valence-electron chi connectivity index (χ0n) is 19.4. The Morgan fingerprint density at radius 3 is 2.58 bits per heavy atom. The lowest BCUT2D eigenvalue weighted by atomic mass is 10.2. The molecule has 0 unspecified atom stereocenters. The molecule has 0 saturated carbocycles. The Kier molecular flexibility index (Phi) is 7.36. The van der Waals surface area contributed by atoms with Crippen LogP contribution in [0.25, 0.3) is 10.2 Å². The number of aromatic nitrogens is 1. The van der Waals surface area contributed by atoms with Gasteiger partial charge in [0.05, 0.1) is 40.6 Å². The van der Waals surface area contributed by atoms with Crippen LogP contribution in [0.4, 0.5) is 11.0 Å². The summed E-state index contributed by atoms with van der Waals surface area (Å²) in [7, 11) is -3.73. The Bertz CT molecular complexity index is 1640. The van der Waals surface area contributed by atoms with Gasteiger partial charge in [0.2, 0.25) is 15.2 Å². The first-order valence-corrected chi connectivity index (χ1v) is 14.1. The van der Waals surface area contributed by atoms with E-state index in [0.29, 0.717) is 18.7 Å². The van der Waals surface area contributed by atoms with Crippen LogP contribution in [-0.4, -0.2) is 61.1 Å². The molecule has 0 bridgehead atoms. The number of furan rings is 1. The van der Waals surface area contributed by atoms with E-state index in [-0.39, 0.29) is 34.4 Å². The number of carbonyl (C=O) groups excluding carboxylic acids is 1. The van der Waals surface area contributed by atoms with Gasteiger partial charge in [-0.3, -0.25) is 14.9 Å². The number of ether oxygens (including phenoxy) is 1. The molecule has 1 amide bonds. The second-order valence-corrected chi connectivity index (χ2v) is 11.8. The van der Waals surface area contributed by atoms with E-state index in [0.717, 1.165) is 14.2 Å². The van der Waals surface area contributed by atoms with Gasteiger partial charge in [0.1, 0.15) is 4.92 Å². The van der Waals surface area contributed by atoms with Gasteiger partial charge in [-0.1, -0.05) is 27.3 Å². The summed E-state index contributed by atoms with van der Waals surface area (Å²) in [6.45, 7) is 1.15. The fourth-order valence-corrected chi connectivity index (χ4v) is 6.50. The fraction of sp³-hybridized carbons (Fsp3) is 0.174. The summed E-state index contributed by atoms with van der Waals surface area (Å²) in [5, 5.41) is 16.4. The predicted octanol–water partition coefficient (Wildman–Crippen LogP) is 4.26. The van der Waals surface area contributed by atoms with Gasteiger partial charge < -0.3 is 9.15 Å².